The van der Waals surface area contributed by atoms with Gasteiger partial charge in [-0.2, -0.15) is 0 Å². The largest absolute Gasteiger partial charge is 0.358 e. The zero-order valence-corrected chi connectivity index (χ0v) is 17.6. The zero-order chi connectivity index (χ0) is 21.2. The molecule has 0 saturated carbocycles. The van der Waals surface area contributed by atoms with Crippen LogP contribution < -0.4 is 5.32 Å². The number of rotatable bonds is 5. The second-order valence-electron chi connectivity index (χ2n) is 8.22. The molecule has 0 bridgehead atoms. The Morgan fingerprint density at radius 2 is 1.77 bits per heavy atom. The normalized spacial score (nSPS) is 14.0. The molecule has 0 fully saturated rings. The van der Waals surface area contributed by atoms with Crippen molar-refractivity contribution >= 4 is 5.91 Å². The SMILES string of the molecule is C[C@@H](Cc1ccc(-c2cc(-c3cc4c([nH]3)CCNC4=O)ccn2)cc1)c1ccccc1. The van der Waals surface area contributed by atoms with Crippen molar-refractivity contribution in [1.29, 1.82) is 0 Å². The average molecular weight is 408 g/mol. The van der Waals surface area contributed by atoms with E-state index in [-0.39, 0.29) is 5.91 Å². The van der Waals surface area contributed by atoms with Gasteiger partial charge in [0.25, 0.3) is 5.91 Å². The van der Waals surface area contributed by atoms with Gasteiger partial charge in [0.1, 0.15) is 0 Å². The van der Waals surface area contributed by atoms with Gasteiger partial charge in [-0.25, -0.2) is 0 Å². The summed E-state index contributed by atoms with van der Waals surface area (Å²) in [5.41, 5.74) is 8.45. The fraction of sp³-hybridized carbons (Fsp3) is 0.185. The van der Waals surface area contributed by atoms with E-state index in [1.807, 2.05) is 18.3 Å². The van der Waals surface area contributed by atoms with Crippen molar-refractivity contribution in [2.24, 2.45) is 0 Å². The third-order valence-corrected chi connectivity index (χ3v) is 6.04. The van der Waals surface area contributed by atoms with E-state index >= 15 is 0 Å². The Balaban J connectivity index is 1.36. The van der Waals surface area contributed by atoms with Gasteiger partial charge in [0.2, 0.25) is 0 Å². The van der Waals surface area contributed by atoms with E-state index in [0.29, 0.717) is 12.5 Å². The fourth-order valence-electron chi connectivity index (χ4n) is 4.27. The molecule has 2 aromatic heterocycles. The Bertz CT molecular complexity index is 1210. The number of fused-ring (bicyclic) bond motifs is 1. The van der Waals surface area contributed by atoms with Gasteiger partial charge in [-0.3, -0.25) is 9.78 Å². The number of benzene rings is 2. The Labute approximate surface area is 182 Å². The molecule has 4 nitrogen and oxygen atoms in total. The van der Waals surface area contributed by atoms with Crippen LogP contribution in [0.4, 0.5) is 0 Å². The van der Waals surface area contributed by atoms with E-state index < -0.39 is 0 Å². The van der Waals surface area contributed by atoms with Crippen LogP contribution in [-0.2, 0) is 12.8 Å². The molecular weight excluding hydrogens is 382 g/mol. The number of H-pyrrole nitrogens is 1. The van der Waals surface area contributed by atoms with Gasteiger partial charge in [-0.05, 0) is 41.7 Å². The molecule has 3 heterocycles. The van der Waals surface area contributed by atoms with E-state index in [9.17, 15) is 4.79 Å². The Hall–Kier alpha value is -3.66. The molecule has 0 spiro atoms. The number of hydrogen-bond donors (Lipinski definition) is 2. The minimum atomic E-state index is -0.00153. The van der Waals surface area contributed by atoms with Crippen molar-refractivity contribution in [3.05, 3.63) is 101 Å². The number of aromatic nitrogens is 2. The third kappa shape index (κ3) is 4.02. The fourth-order valence-corrected chi connectivity index (χ4v) is 4.27. The molecule has 1 aliphatic heterocycles. The Morgan fingerprint density at radius 3 is 2.55 bits per heavy atom. The molecule has 0 radical (unpaired) electrons. The standard InChI is InChI=1S/C27H25N3O/c1-18(20-5-3-2-4-6-20)15-19-7-9-21(10-8-19)25-16-22(11-13-28-25)26-17-23-24(30-26)12-14-29-27(23)31/h2-11,13,16-18,30H,12,14-15H2,1H3,(H,29,31)/t18-/m0/s1. The maximum Gasteiger partial charge on any atom is 0.253 e. The predicted octanol–water partition coefficient (Wildman–Crippen LogP) is 5.38. The maximum absolute atomic E-state index is 12.1. The summed E-state index contributed by atoms with van der Waals surface area (Å²) in [6, 6.07) is 25.3. The topological polar surface area (TPSA) is 57.8 Å². The highest BCUT2D eigenvalue weighted by Crippen LogP contribution is 2.28. The third-order valence-electron chi connectivity index (χ3n) is 6.04. The van der Waals surface area contributed by atoms with Gasteiger partial charge in [-0.15, -0.1) is 0 Å². The van der Waals surface area contributed by atoms with Gasteiger partial charge < -0.3 is 10.3 Å². The molecule has 5 rings (SSSR count). The van der Waals surface area contributed by atoms with Crippen molar-refractivity contribution in [3.8, 4) is 22.5 Å². The monoisotopic (exact) mass is 407 g/mol. The number of aromatic amines is 1. The lowest BCUT2D eigenvalue weighted by atomic mass is 9.93. The van der Waals surface area contributed by atoms with Crippen LogP contribution >= 0.6 is 0 Å². The highest BCUT2D eigenvalue weighted by atomic mass is 16.1. The van der Waals surface area contributed by atoms with Crippen molar-refractivity contribution in [2.45, 2.75) is 25.7 Å². The first-order chi connectivity index (χ1) is 15.2. The van der Waals surface area contributed by atoms with Crippen LogP contribution in [0.25, 0.3) is 22.5 Å². The summed E-state index contributed by atoms with van der Waals surface area (Å²) in [4.78, 5) is 20.1. The zero-order valence-electron chi connectivity index (χ0n) is 17.6. The van der Waals surface area contributed by atoms with E-state index in [1.165, 1.54) is 11.1 Å². The molecule has 2 N–H and O–H groups in total. The Morgan fingerprint density at radius 1 is 0.968 bits per heavy atom. The molecule has 1 amide bonds. The molecule has 4 heteroatoms. The highest BCUT2D eigenvalue weighted by Gasteiger charge is 2.20. The maximum atomic E-state index is 12.1. The van der Waals surface area contributed by atoms with Crippen LogP contribution in [0.2, 0.25) is 0 Å². The number of hydrogen-bond acceptors (Lipinski definition) is 2. The molecule has 4 aromatic rings. The first-order valence-electron chi connectivity index (χ1n) is 10.8. The summed E-state index contributed by atoms with van der Waals surface area (Å²) >= 11 is 0. The van der Waals surface area contributed by atoms with E-state index in [0.717, 1.165) is 46.6 Å². The molecule has 154 valence electrons. The minimum Gasteiger partial charge on any atom is -0.358 e. The molecule has 0 saturated heterocycles. The van der Waals surface area contributed by atoms with E-state index in [4.69, 9.17) is 0 Å². The molecule has 2 aromatic carbocycles. The average Bonchev–Trinajstić information content (AvgIpc) is 3.26. The smallest absolute Gasteiger partial charge is 0.253 e. The minimum absolute atomic E-state index is 0.00153. The summed E-state index contributed by atoms with van der Waals surface area (Å²) < 4.78 is 0. The van der Waals surface area contributed by atoms with Gasteiger partial charge in [-0.1, -0.05) is 61.5 Å². The van der Waals surface area contributed by atoms with Crippen molar-refractivity contribution in [1.82, 2.24) is 15.3 Å². The van der Waals surface area contributed by atoms with Crippen molar-refractivity contribution in [2.75, 3.05) is 6.54 Å². The number of pyridine rings is 1. The number of amides is 1. The number of carbonyl (C=O) groups is 1. The number of nitrogens with one attached hydrogen (secondary N) is 2. The number of carbonyl (C=O) groups excluding carboxylic acids is 1. The molecule has 0 unspecified atom stereocenters. The van der Waals surface area contributed by atoms with Crippen LogP contribution in [0, 0.1) is 0 Å². The summed E-state index contributed by atoms with van der Waals surface area (Å²) in [6.07, 6.45) is 3.67. The molecular formula is C27H25N3O. The molecule has 1 aliphatic rings. The van der Waals surface area contributed by atoms with E-state index in [2.05, 4.69) is 82.9 Å². The Kier molecular flexibility index (Phi) is 5.13. The van der Waals surface area contributed by atoms with E-state index in [1.54, 1.807) is 0 Å². The van der Waals surface area contributed by atoms with Crippen molar-refractivity contribution in [3.63, 3.8) is 0 Å². The molecule has 1 atom stereocenters. The quantitative estimate of drug-likeness (QED) is 0.467. The van der Waals surface area contributed by atoms with Crippen LogP contribution in [-0.4, -0.2) is 22.4 Å². The van der Waals surface area contributed by atoms with Gasteiger partial charge in [0.05, 0.1) is 11.3 Å². The van der Waals surface area contributed by atoms with Gasteiger partial charge in [0.15, 0.2) is 0 Å². The first kappa shape index (κ1) is 19.3. The summed E-state index contributed by atoms with van der Waals surface area (Å²) in [7, 11) is 0. The lowest BCUT2D eigenvalue weighted by Crippen LogP contribution is -2.31. The molecule has 31 heavy (non-hydrogen) atoms. The van der Waals surface area contributed by atoms with Gasteiger partial charge >= 0.3 is 0 Å². The summed E-state index contributed by atoms with van der Waals surface area (Å²) in [6.45, 7) is 2.95. The summed E-state index contributed by atoms with van der Waals surface area (Å²) in [5.74, 6) is 0.475. The van der Waals surface area contributed by atoms with Crippen molar-refractivity contribution < 1.29 is 4.79 Å². The highest BCUT2D eigenvalue weighted by molar-refractivity contribution is 5.97. The van der Waals surface area contributed by atoms with Crippen LogP contribution in [0.3, 0.4) is 0 Å². The summed E-state index contributed by atoms with van der Waals surface area (Å²) in [5, 5.41) is 2.90. The second kappa shape index (κ2) is 8.23. The molecule has 0 aliphatic carbocycles. The van der Waals surface area contributed by atoms with Crippen LogP contribution in [0.1, 0.15) is 40.0 Å². The van der Waals surface area contributed by atoms with Crippen LogP contribution in [0.15, 0.2) is 79.0 Å². The predicted molar refractivity (Wildman–Crippen MR) is 124 cm³/mol. The second-order valence-corrected chi connectivity index (χ2v) is 8.22. The lowest BCUT2D eigenvalue weighted by molar-refractivity contribution is 0.0946. The lowest BCUT2D eigenvalue weighted by Gasteiger charge is -2.12. The number of nitrogens with zero attached hydrogens (tertiary/aromatic N) is 1. The van der Waals surface area contributed by atoms with Gasteiger partial charge in [0, 0.05) is 41.7 Å². The first-order valence-corrected chi connectivity index (χ1v) is 10.8. The van der Waals surface area contributed by atoms with Crippen LogP contribution in [0.5, 0.6) is 0 Å².